The summed E-state index contributed by atoms with van der Waals surface area (Å²) in [4.78, 5) is 10.6. The van der Waals surface area contributed by atoms with E-state index in [9.17, 15) is 4.79 Å². The van der Waals surface area contributed by atoms with Gasteiger partial charge in [-0.05, 0) is 31.9 Å². The van der Waals surface area contributed by atoms with Crippen molar-refractivity contribution in [2.45, 2.75) is 52.1 Å². The van der Waals surface area contributed by atoms with Crippen LogP contribution in [0.15, 0.2) is 24.3 Å². The van der Waals surface area contributed by atoms with Crippen molar-refractivity contribution in [3.63, 3.8) is 0 Å². The smallest absolute Gasteiger partial charge is 0.150 e. The number of carbonyl (C=O) groups excluding carboxylic acids is 1. The molecule has 1 rings (SSSR count). The Labute approximate surface area is 104 Å². The summed E-state index contributed by atoms with van der Waals surface area (Å²) >= 11 is 0. The van der Waals surface area contributed by atoms with Crippen molar-refractivity contribution in [2.75, 3.05) is 0 Å². The maximum Gasteiger partial charge on any atom is 0.150 e. The number of rotatable bonds is 8. The Hall–Kier alpha value is -1.31. The van der Waals surface area contributed by atoms with Crippen molar-refractivity contribution in [2.24, 2.45) is 0 Å². The fourth-order valence-corrected chi connectivity index (χ4v) is 1.81. The number of carbonyl (C=O) groups is 1. The van der Waals surface area contributed by atoms with Crippen LogP contribution >= 0.6 is 0 Å². The number of unbranched alkanes of at least 4 members (excludes halogenated alkanes) is 3. The molecule has 0 fully saturated rings. The van der Waals surface area contributed by atoms with Crippen molar-refractivity contribution >= 4 is 6.29 Å². The monoisotopic (exact) mass is 234 g/mol. The average Bonchev–Trinajstić information content (AvgIpc) is 2.35. The second kappa shape index (κ2) is 7.88. The first kappa shape index (κ1) is 13.8. The molecule has 0 N–H and O–H groups in total. The van der Waals surface area contributed by atoms with Crippen LogP contribution in [0.5, 0.6) is 5.75 Å². The van der Waals surface area contributed by atoms with E-state index in [0.717, 1.165) is 18.5 Å². The van der Waals surface area contributed by atoms with Gasteiger partial charge < -0.3 is 4.74 Å². The fourth-order valence-electron chi connectivity index (χ4n) is 1.81. The third-order valence-electron chi connectivity index (χ3n) is 2.80. The summed E-state index contributed by atoms with van der Waals surface area (Å²) in [5.41, 5.74) is 0.667. The van der Waals surface area contributed by atoms with E-state index in [2.05, 4.69) is 13.8 Å². The summed E-state index contributed by atoms with van der Waals surface area (Å²) in [7, 11) is 0. The van der Waals surface area contributed by atoms with E-state index in [1.807, 2.05) is 12.1 Å². The Bertz CT molecular complexity index is 333. The lowest BCUT2D eigenvalue weighted by atomic mass is 10.1. The highest BCUT2D eigenvalue weighted by atomic mass is 16.5. The van der Waals surface area contributed by atoms with Gasteiger partial charge in [-0.25, -0.2) is 0 Å². The van der Waals surface area contributed by atoms with Crippen LogP contribution < -0.4 is 4.74 Å². The normalized spacial score (nSPS) is 12.1. The van der Waals surface area contributed by atoms with Crippen LogP contribution in [0, 0.1) is 0 Å². The lowest BCUT2D eigenvalue weighted by Gasteiger charge is -2.14. The molecule has 0 heterocycles. The van der Waals surface area contributed by atoms with Crippen molar-refractivity contribution in [1.29, 1.82) is 0 Å². The topological polar surface area (TPSA) is 26.3 Å². The molecule has 2 heteroatoms. The van der Waals surface area contributed by atoms with Gasteiger partial charge >= 0.3 is 0 Å². The van der Waals surface area contributed by atoms with Gasteiger partial charge in [0.1, 0.15) is 12.0 Å². The van der Waals surface area contributed by atoms with Gasteiger partial charge in [0, 0.05) is 5.56 Å². The fraction of sp³-hybridized carbons (Fsp3) is 0.533. The van der Waals surface area contributed by atoms with Crippen molar-refractivity contribution in [1.82, 2.24) is 0 Å². The molecule has 2 nitrogen and oxygen atoms in total. The second-order valence-corrected chi connectivity index (χ2v) is 4.47. The van der Waals surface area contributed by atoms with Crippen LogP contribution in [0.2, 0.25) is 0 Å². The number of hydrogen-bond acceptors (Lipinski definition) is 2. The molecule has 0 amide bonds. The maximum atomic E-state index is 10.6. The minimum atomic E-state index is 0.216. The van der Waals surface area contributed by atoms with Gasteiger partial charge in [0.25, 0.3) is 0 Å². The summed E-state index contributed by atoms with van der Waals surface area (Å²) in [5.74, 6) is 0.789. The zero-order chi connectivity index (χ0) is 12.5. The van der Waals surface area contributed by atoms with Gasteiger partial charge in [0.05, 0.1) is 6.10 Å². The van der Waals surface area contributed by atoms with Crippen molar-refractivity contribution in [3.05, 3.63) is 29.8 Å². The summed E-state index contributed by atoms with van der Waals surface area (Å²) in [6, 6.07) is 7.32. The molecule has 94 valence electrons. The lowest BCUT2D eigenvalue weighted by molar-refractivity contribution is 0.112. The molecule has 0 aliphatic rings. The van der Waals surface area contributed by atoms with Gasteiger partial charge in [-0.3, -0.25) is 4.79 Å². The van der Waals surface area contributed by atoms with Gasteiger partial charge in [0.15, 0.2) is 0 Å². The first-order valence-corrected chi connectivity index (χ1v) is 6.48. The predicted octanol–water partition coefficient (Wildman–Crippen LogP) is 4.24. The van der Waals surface area contributed by atoms with E-state index in [-0.39, 0.29) is 6.10 Å². The zero-order valence-corrected chi connectivity index (χ0v) is 10.8. The molecule has 0 bridgehead atoms. The highest BCUT2D eigenvalue weighted by molar-refractivity contribution is 5.75. The van der Waals surface area contributed by atoms with Crippen LogP contribution in [0.4, 0.5) is 0 Å². The second-order valence-electron chi connectivity index (χ2n) is 4.47. The Balaban J connectivity index is 2.33. The average molecular weight is 234 g/mol. The van der Waals surface area contributed by atoms with Gasteiger partial charge in [-0.1, -0.05) is 38.3 Å². The van der Waals surface area contributed by atoms with Gasteiger partial charge in [0.2, 0.25) is 0 Å². The summed E-state index contributed by atoms with van der Waals surface area (Å²) in [6.07, 6.45) is 7.18. The molecule has 1 unspecified atom stereocenters. The zero-order valence-electron chi connectivity index (χ0n) is 10.8. The predicted molar refractivity (Wildman–Crippen MR) is 70.7 cm³/mol. The van der Waals surface area contributed by atoms with E-state index in [4.69, 9.17) is 4.74 Å². The van der Waals surface area contributed by atoms with Crippen LogP contribution in [0.3, 0.4) is 0 Å². The molecule has 1 aromatic carbocycles. The molecule has 0 aliphatic carbocycles. The molecule has 0 saturated carbocycles. The minimum Gasteiger partial charge on any atom is -0.491 e. The van der Waals surface area contributed by atoms with Crippen LogP contribution in [0.25, 0.3) is 0 Å². The van der Waals surface area contributed by atoms with Crippen molar-refractivity contribution < 1.29 is 9.53 Å². The SMILES string of the molecule is CCCCCCC(C)Oc1cccc(C=O)c1. The highest BCUT2D eigenvalue weighted by Crippen LogP contribution is 2.16. The van der Waals surface area contributed by atoms with E-state index in [1.165, 1.54) is 25.7 Å². The molecule has 0 radical (unpaired) electrons. The molecule has 0 spiro atoms. The maximum absolute atomic E-state index is 10.6. The summed E-state index contributed by atoms with van der Waals surface area (Å²) in [5, 5.41) is 0. The number of ether oxygens (including phenoxy) is 1. The molecule has 0 saturated heterocycles. The quantitative estimate of drug-likeness (QED) is 0.497. The van der Waals surface area contributed by atoms with E-state index in [0.29, 0.717) is 5.56 Å². The largest absolute Gasteiger partial charge is 0.491 e. The summed E-state index contributed by atoms with van der Waals surface area (Å²) < 4.78 is 5.78. The van der Waals surface area contributed by atoms with E-state index in [1.54, 1.807) is 12.1 Å². The number of hydrogen-bond donors (Lipinski definition) is 0. The van der Waals surface area contributed by atoms with E-state index < -0.39 is 0 Å². The standard InChI is InChI=1S/C15H22O2/c1-3-4-5-6-8-13(2)17-15-10-7-9-14(11-15)12-16/h7,9-13H,3-6,8H2,1-2H3. The Kier molecular flexibility index (Phi) is 6.38. The third-order valence-corrected chi connectivity index (χ3v) is 2.80. The molecule has 1 aromatic rings. The van der Waals surface area contributed by atoms with Crippen molar-refractivity contribution in [3.8, 4) is 5.75 Å². The first-order valence-electron chi connectivity index (χ1n) is 6.48. The Morgan fingerprint density at radius 1 is 1.29 bits per heavy atom. The number of benzene rings is 1. The van der Waals surface area contributed by atoms with Crippen LogP contribution in [-0.2, 0) is 0 Å². The Morgan fingerprint density at radius 2 is 2.12 bits per heavy atom. The van der Waals surface area contributed by atoms with Crippen LogP contribution in [-0.4, -0.2) is 12.4 Å². The van der Waals surface area contributed by atoms with Gasteiger partial charge in [-0.2, -0.15) is 0 Å². The molecular weight excluding hydrogens is 212 g/mol. The van der Waals surface area contributed by atoms with Crippen LogP contribution in [0.1, 0.15) is 56.3 Å². The number of aldehydes is 1. The molecule has 17 heavy (non-hydrogen) atoms. The molecule has 0 aliphatic heterocycles. The molecular formula is C15H22O2. The van der Waals surface area contributed by atoms with E-state index >= 15 is 0 Å². The third kappa shape index (κ3) is 5.53. The summed E-state index contributed by atoms with van der Waals surface area (Å²) in [6.45, 7) is 4.30. The Morgan fingerprint density at radius 3 is 2.82 bits per heavy atom. The minimum absolute atomic E-state index is 0.216. The molecule has 1 atom stereocenters. The molecule has 0 aromatic heterocycles. The van der Waals surface area contributed by atoms with Gasteiger partial charge in [-0.15, -0.1) is 0 Å². The highest BCUT2D eigenvalue weighted by Gasteiger charge is 2.04. The first-order chi connectivity index (χ1) is 8.26. The lowest BCUT2D eigenvalue weighted by Crippen LogP contribution is -2.11.